The number of hydrogen-bond donors (Lipinski definition) is 1. The van der Waals surface area contributed by atoms with Crippen molar-refractivity contribution in [3.05, 3.63) is 16.1 Å². The van der Waals surface area contributed by atoms with Crippen LogP contribution in [0.5, 0.6) is 0 Å². The topological polar surface area (TPSA) is 54.5 Å². The van der Waals surface area contributed by atoms with Crippen molar-refractivity contribution in [1.82, 2.24) is 15.2 Å². The van der Waals surface area contributed by atoms with Crippen molar-refractivity contribution in [3.8, 4) is 0 Å². The monoisotopic (exact) mass is 321 g/mol. The van der Waals surface area contributed by atoms with Crippen LogP contribution >= 0.6 is 11.3 Å². The molecular weight excluding hydrogens is 298 g/mol. The SMILES string of the molecule is Cc1ncsc1CN1C[C@@H]2[C@@H](C(=O)NCC3CC3)CO[C@@H]2C1. The third kappa shape index (κ3) is 2.92. The van der Waals surface area contributed by atoms with Gasteiger partial charge in [0.05, 0.1) is 29.8 Å². The maximum Gasteiger partial charge on any atom is 0.225 e. The Labute approximate surface area is 135 Å². The number of fused-ring (bicyclic) bond motifs is 1. The van der Waals surface area contributed by atoms with Crippen molar-refractivity contribution in [1.29, 1.82) is 0 Å². The van der Waals surface area contributed by atoms with Crippen LogP contribution in [-0.4, -0.2) is 48.1 Å². The lowest BCUT2D eigenvalue weighted by molar-refractivity contribution is -0.126. The highest BCUT2D eigenvalue weighted by Crippen LogP contribution is 2.35. The van der Waals surface area contributed by atoms with E-state index >= 15 is 0 Å². The Morgan fingerprint density at radius 3 is 3.09 bits per heavy atom. The van der Waals surface area contributed by atoms with E-state index in [1.165, 1.54) is 17.7 Å². The van der Waals surface area contributed by atoms with Crippen molar-refractivity contribution >= 4 is 17.2 Å². The van der Waals surface area contributed by atoms with E-state index in [-0.39, 0.29) is 17.9 Å². The van der Waals surface area contributed by atoms with E-state index in [2.05, 4.69) is 22.1 Å². The molecule has 1 N–H and O–H groups in total. The second-order valence-electron chi connectivity index (χ2n) is 6.89. The van der Waals surface area contributed by atoms with Crippen molar-refractivity contribution < 1.29 is 9.53 Å². The quantitative estimate of drug-likeness (QED) is 0.891. The molecule has 0 radical (unpaired) electrons. The van der Waals surface area contributed by atoms with Gasteiger partial charge in [0.1, 0.15) is 0 Å². The van der Waals surface area contributed by atoms with Crippen LogP contribution in [0, 0.1) is 24.7 Å². The summed E-state index contributed by atoms with van der Waals surface area (Å²) in [4.78, 5) is 20.4. The Hall–Kier alpha value is -0.980. The number of carbonyl (C=O) groups is 1. The van der Waals surface area contributed by atoms with Crippen molar-refractivity contribution in [2.24, 2.45) is 17.8 Å². The zero-order valence-electron chi connectivity index (χ0n) is 13.0. The Balaban J connectivity index is 1.34. The molecule has 3 fully saturated rings. The standard InChI is InChI=1S/C16H23N3O2S/c1-10-15(22-9-18-10)7-19-5-12-13(8-21-14(12)6-19)16(20)17-4-11-2-3-11/h9,11-14H,2-8H2,1H3,(H,17,20)/t12-,13+,14-/m1/s1. The summed E-state index contributed by atoms with van der Waals surface area (Å²) in [6.07, 6.45) is 2.77. The molecule has 0 spiro atoms. The van der Waals surface area contributed by atoms with Crippen LogP contribution in [-0.2, 0) is 16.1 Å². The zero-order chi connectivity index (χ0) is 15.1. The number of amides is 1. The molecule has 3 atom stereocenters. The number of aryl methyl sites for hydroxylation is 1. The van der Waals surface area contributed by atoms with E-state index in [0.29, 0.717) is 12.5 Å². The maximum atomic E-state index is 12.4. The number of hydrogen-bond acceptors (Lipinski definition) is 5. The van der Waals surface area contributed by atoms with Crippen LogP contribution in [0.3, 0.4) is 0 Å². The predicted molar refractivity (Wildman–Crippen MR) is 84.6 cm³/mol. The molecule has 2 aliphatic heterocycles. The molecule has 4 rings (SSSR count). The molecule has 0 aromatic carbocycles. The van der Waals surface area contributed by atoms with Crippen LogP contribution in [0.4, 0.5) is 0 Å². The van der Waals surface area contributed by atoms with Crippen LogP contribution in [0.1, 0.15) is 23.4 Å². The smallest absolute Gasteiger partial charge is 0.225 e. The maximum absolute atomic E-state index is 12.4. The van der Waals surface area contributed by atoms with Gasteiger partial charge in [0.2, 0.25) is 5.91 Å². The molecule has 3 aliphatic rings. The van der Waals surface area contributed by atoms with E-state index in [1.54, 1.807) is 11.3 Å². The van der Waals surface area contributed by atoms with Gasteiger partial charge in [0.25, 0.3) is 0 Å². The summed E-state index contributed by atoms with van der Waals surface area (Å²) in [5.41, 5.74) is 3.04. The summed E-state index contributed by atoms with van der Waals surface area (Å²) in [5.74, 6) is 1.33. The van der Waals surface area contributed by atoms with Gasteiger partial charge in [-0.15, -0.1) is 11.3 Å². The van der Waals surface area contributed by atoms with Crippen LogP contribution < -0.4 is 5.32 Å². The fraction of sp³-hybridized carbons (Fsp3) is 0.750. The molecule has 22 heavy (non-hydrogen) atoms. The third-order valence-corrected chi connectivity index (χ3v) is 6.12. The second kappa shape index (κ2) is 5.91. The molecule has 2 saturated heterocycles. The first-order chi connectivity index (χ1) is 10.7. The van der Waals surface area contributed by atoms with Crippen molar-refractivity contribution in [2.45, 2.75) is 32.4 Å². The van der Waals surface area contributed by atoms with Gasteiger partial charge in [-0.05, 0) is 25.7 Å². The predicted octanol–water partition coefficient (Wildman–Crippen LogP) is 1.42. The first kappa shape index (κ1) is 14.6. The number of rotatable bonds is 5. The molecule has 1 saturated carbocycles. The first-order valence-electron chi connectivity index (χ1n) is 8.21. The number of ether oxygens (including phenoxy) is 1. The Bertz CT molecular complexity index is 557. The lowest BCUT2D eigenvalue weighted by Gasteiger charge is -2.19. The highest BCUT2D eigenvalue weighted by molar-refractivity contribution is 7.09. The minimum absolute atomic E-state index is 0.0382. The molecule has 120 valence electrons. The summed E-state index contributed by atoms with van der Waals surface area (Å²) in [5, 5.41) is 3.12. The molecule has 1 amide bonds. The van der Waals surface area contributed by atoms with Gasteiger partial charge in [-0.1, -0.05) is 0 Å². The number of aromatic nitrogens is 1. The van der Waals surface area contributed by atoms with Crippen molar-refractivity contribution in [3.63, 3.8) is 0 Å². The highest BCUT2D eigenvalue weighted by atomic mass is 32.1. The molecule has 1 aliphatic carbocycles. The Morgan fingerprint density at radius 1 is 1.50 bits per heavy atom. The van der Waals surface area contributed by atoms with Gasteiger partial charge in [0, 0.05) is 37.0 Å². The normalized spacial score (nSPS) is 31.4. The van der Waals surface area contributed by atoms with E-state index in [4.69, 9.17) is 4.74 Å². The molecule has 1 aromatic rings. The van der Waals surface area contributed by atoms with Crippen LogP contribution in [0.25, 0.3) is 0 Å². The van der Waals surface area contributed by atoms with E-state index in [1.807, 2.05) is 5.51 Å². The fourth-order valence-electron chi connectivity index (χ4n) is 3.57. The number of nitrogens with zero attached hydrogens (tertiary/aromatic N) is 2. The summed E-state index contributed by atoms with van der Waals surface area (Å²) in [6.45, 7) is 6.35. The Kier molecular flexibility index (Phi) is 3.92. The van der Waals surface area contributed by atoms with Gasteiger partial charge in [-0.3, -0.25) is 9.69 Å². The van der Waals surface area contributed by atoms with Gasteiger partial charge >= 0.3 is 0 Å². The van der Waals surface area contributed by atoms with Gasteiger partial charge in [-0.25, -0.2) is 4.98 Å². The van der Waals surface area contributed by atoms with Crippen LogP contribution in [0.15, 0.2) is 5.51 Å². The summed E-state index contributed by atoms with van der Waals surface area (Å²) >= 11 is 1.72. The van der Waals surface area contributed by atoms with Gasteiger partial charge in [0.15, 0.2) is 0 Å². The summed E-state index contributed by atoms with van der Waals surface area (Å²) < 4.78 is 5.90. The lowest BCUT2D eigenvalue weighted by Crippen LogP contribution is -2.37. The average molecular weight is 321 g/mol. The van der Waals surface area contributed by atoms with Crippen LogP contribution in [0.2, 0.25) is 0 Å². The molecule has 0 bridgehead atoms. The minimum atomic E-state index is 0.0382. The zero-order valence-corrected chi connectivity index (χ0v) is 13.8. The molecule has 5 nitrogen and oxygen atoms in total. The van der Waals surface area contributed by atoms with E-state index < -0.39 is 0 Å². The summed E-state index contributed by atoms with van der Waals surface area (Å²) in [6, 6.07) is 0. The molecule has 1 aromatic heterocycles. The Morgan fingerprint density at radius 2 is 2.36 bits per heavy atom. The minimum Gasteiger partial charge on any atom is -0.376 e. The second-order valence-corrected chi connectivity index (χ2v) is 7.83. The molecule has 0 unspecified atom stereocenters. The molecular formula is C16H23N3O2S. The lowest BCUT2D eigenvalue weighted by atomic mass is 9.92. The first-order valence-corrected chi connectivity index (χ1v) is 9.09. The molecule has 3 heterocycles. The third-order valence-electron chi connectivity index (χ3n) is 5.20. The number of nitrogens with one attached hydrogen (secondary N) is 1. The fourth-order valence-corrected chi connectivity index (χ4v) is 4.39. The van der Waals surface area contributed by atoms with E-state index in [9.17, 15) is 4.79 Å². The number of likely N-dealkylation sites (tertiary alicyclic amines) is 1. The average Bonchev–Trinajstić information content (AvgIpc) is 2.93. The highest BCUT2D eigenvalue weighted by Gasteiger charge is 2.46. The number of carbonyl (C=O) groups excluding carboxylic acids is 1. The van der Waals surface area contributed by atoms with Gasteiger partial charge in [-0.2, -0.15) is 0 Å². The van der Waals surface area contributed by atoms with Crippen molar-refractivity contribution in [2.75, 3.05) is 26.2 Å². The van der Waals surface area contributed by atoms with E-state index in [0.717, 1.165) is 37.8 Å². The molecule has 6 heteroatoms. The largest absolute Gasteiger partial charge is 0.376 e. The number of thiazole rings is 1. The van der Waals surface area contributed by atoms with Gasteiger partial charge < -0.3 is 10.1 Å². The summed E-state index contributed by atoms with van der Waals surface area (Å²) in [7, 11) is 0.